The fraction of sp³-hybridized carbons (Fsp3) is 0.0833. The predicted octanol–water partition coefficient (Wildman–Crippen LogP) is 3.56. The second kappa shape index (κ2) is 6.02. The lowest BCUT2D eigenvalue weighted by atomic mass is 10.2. The molecule has 0 aliphatic rings. The Morgan fingerprint density at radius 3 is 2.70 bits per heavy atom. The summed E-state index contributed by atoms with van der Waals surface area (Å²) in [5.74, 6) is -1.11. The lowest BCUT2D eigenvalue weighted by Crippen LogP contribution is -2.20. The Kier molecular flexibility index (Phi) is 4.35. The van der Waals surface area contributed by atoms with Gasteiger partial charge in [-0.2, -0.15) is 0 Å². The Morgan fingerprint density at radius 1 is 1.35 bits per heavy atom. The smallest absolute Gasteiger partial charge is 0.337 e. The molecule has 104 valence electrons. The Labute approximate surface area is 127 Å². The highest BCUT2D eigenvalue weighted by atomic mass is 79.9. The zero-order valence-electron chi connectivity index (χ0n) is 10.3. The summed E-state index contributed by atoms with van der Waals surface area (Å²) in [7, 11) is 0. The first kappa shape index (κ1) is 14.5. The first-order valence-corrected chi connectivity index (χ1v) is 7.10. The van der Waals surface area contributed by atoms with E-state index in [1.807, 2.05) is 6.92 Å². The number of carboxylic acid groups (broad SMARTS) is 1. The van der Waals surface area contributed by atoms with Crippen LogP contribution >= 0.6 is 27.3 Å². The number of nitrogens with one attached hydrogen (secondary N) is 2. The molecule has 2 rings (SSSR count). The van der Waals surface area contributed by atoms with Crippen molar-refractivity contribution in [3.05, 3.63) is 39.3 Å². The van der Waals surface area contributed by atoms with Gasteiger partial charge in [-0.3, -0.25) is 5.32 Å². The van der Waals surface area contributed by atoms with Crippen molar-refractivity contribution >= 4 is 50.1 Å². The zero-order valence-corrected chi connectivity index (χ0v) is 12.7. The molecular formula is C12H10BrN3O3S. The van der Waals surface area contributed by atoms with Crippen LogP contribution in [0, 0.1) is 6.92 Å². The molecule has 0 saturated heterocycles. The van der Waals surface area contributed by atoms with E-state index < -0.39 is 12.0 Å². The fourth-order valence-corrected chi connectivity index (χ4v) is 2.49. The molecule has 0 unspecified atom stereocenters. The molecule has 8 heteroatoms. The lowest BCUT2D eigenvalue weighted by molar-refractivity contribution is 0.0698. The molecule has 0 fully saturated rings. The molecule has 1 aromatic heterocycles. The lowest BCUT2D eigenvalue weighted by Gasteiger charge is -2.09. The third-order valence-corrected chi connectivity index (χ3v) is 3.62. The number of carboxylic acids is 1. The summed E-state index contributed by atoms with van der Waals surface area (Å²) in [6.45, 7) is 1.87. The molecule has 0 saturated carbocycles. The molecule has 0 atom stereocenters. The second-order valence-corrected chi connectivity index (χ2v) is 6.00. The quantitative estimate of drug-likeness (QED) is 0.784. The maximum atomic E-state index is 11.8. The van der Waals surface area contributed by atoms with Crippen molar-refractivity contribution in [2.75, 3.05) is 10.6 Å². The number of hydrogen-bond donors (Lipinski definition) is 3. The number of carbonyl (C=O) groups excluding carboxylic acids is 1. The van der Waals surface area contributed by atoms with Gasteiger partial charge in [-0.1, -0.05) is 15.9 Å². The fourth-order valence-electron chi connectivity index (χ4n) is 1.47. The Bertz CT molecular complexity index is 672. The van der Waals surface area contributed by atoms with Crippen LogP contribution in [0.25, 0.3) is 0 Å². The molecule has 6 nitrogen and oxygen atoms in total. The number of thiazole rings is 1. The number of nitrogens with zero attached hydrogens (tertiary/aromatic N) is 1. The molecule has 1 aromatic carbocycles. The number of aryl methyl sites for hydroxylation is 1. The van der Waals surface area contributed by atoms with E-state index in [0.717, 1.165) is 4.88 Å². The van der Waals surface area contributed by atoms with E-state index in [9.17, 15) is 9.59 Å². The Hall–Kier alpha value is -1.93. The van der Waals surface area contributed by atoms with E-state index in [1.165, 1.54) is 23.5 Å². The summed E-state index contributed by atoms with van der Waals surface area (Å²) < 4.78 is 0.669. The molecular weight excluding hydrogens is 346 g/mol. The number of amides is 2. The average Bonchev–Trinajstić information content (AvgIpc) is 2.74. The largest absolute Gasteiger partial charge is 0.478 e. The number of halogens is 1. The van der Waals surface area contributed by atoms with Gasteiger partial charge in [0, 0.05) is 15.5 Å². The number of aromatic nitrogens is 1. The minimum absolute atomic E-state index is 0.0127. The van der Waals surface area contributed by atoms with Gasteiger partial charge in [-0.25, -0.2) is 14.6 Å². The van der Waals surface area contributed by atoms with E-state index in [1.54, 1.807) is 12.3 Å². The van der Waals surface area contributed by atoms with Gasteiger partial charge in [0.25, 0.3) is 0 Å². The van der Waals surface area contributed by atoms with Crippen molar-refractivity contribution in [1.82, 2.24) is 4.98 Å². The molecule has 0 spiro atoms. The van der Waals surface area contributed by atoms with Crippen molar-refractivity contribution in [3.63, 3.8) is 0 Å². The third-order valence-electron chi connectivity index (χ3n) is 2.30. The van der Waals surface area contributed by atoms with Crippen molar-refractivity contribution in [1.29, 1.82) is 0 Å². The van der Waals surface area contributed by atoms with E-state index in [-0.39, 0.29) is 11.3 Å². The minimum Gasteiger partial charge on any atom is -0.478 e. The molecule has 0 bridgehead atoms. The summed E-state index contributed by atoms with van der Waals surface area (Å²) in [4.78, 5) is 27.9. The molecule has 3 N–H and O–H groups in total. The van der Waals surface area contributed by atoms with Gasteiger partial charge in [0.05, 0.1) is 11.3 Å². The highest BCUT2D eigenvalue weighted by Crippen LogP contribution is 2.22. The predicted molar refractivity (Wildman–Crippen MR) is 80.6 cm³/mol. The van der Waals surface area contributed by atoms with Crippen LogP contribution < -0.4 is 10.6 Å². The molecule has 0 aliphatic carbocycles. The van der Waals surface area contributed by atoms with Gasteiger partial charge >= 0.3 is 12.0 Å². The third kappa shape index (κ3) is 3.55. The van der Waals surface area contributed by atoms with Gasteiger partial charge in [0.1, 0.15) is 0 Å². The standard InChI is InChI=1S/C12H10BrN3O3S/c1-6-5-14-12(20-6)16-11(19)15-9-4-7(13)2-3-8(9)10(17)18/h2-5H,1H3,(H,17,18)(H2,14,15,16,19). The number of urea groups is 1. The zero-order chi connectivity index (χ0) is 14.7. The van der Waals surface area contributed by atoms with Crippen molar-refractivity contribution in [3.8, 4) is 0 Å². The van der Waals surface area contributed by atoms with Crippen LogP contribution in [0.4, 0.5) is 15.6 Å². The highest BCUT2D eigenvalue weighted by molar-refractivity contribution is 9.10. The molecule has 0 aliphatic heterocycles. The summed E-state index contributed by atoms with van der Waals surface area (Å²) in [6, 6.07) is 3.99. The van der Waals surface area contributed by atoms with Crippen LogP contribution in [-0.4, -0.2) is 22.1 Å². The maximum Gasteiger partial charge on any atom is 0.337 e. The number of rotatable bonds is 3. The normalized spacial score (nSPS) is 10.1. The molecule has 2 amide bonds. The Balaban J connectivity index is 2.15. The molecule has 20 heavy (non-hydrogen) atoms. The van der Waals surface area contributed by atoms with E-state index in [2.05, 4.69) is 31.5 Å². The van der Waals surface area contributed by atoms with E-state index >= 15 is 0 Å². The van der Waals surface area contributed by atoms with Crippen LogP contribution in [0.5, 0.6) is 0 Å². The monoisotopic (exact) mass is 355 g/mol. The topological polar surface area (TPSA) is 91.3 Å². The molecule has 1 heterocycles. The number of benzene rings is 1. The number of aromatic carboxylic acids is 1. The average molecular weight is 356 g/mol. The first-order chi connectivity index (χ1) is 9.45. The second-order valence-electron chi connectivity index (χ2n) is 3.85. The van der Waals surface area contributed by atoms with E-state index in [4.69, 9.17) is 5.11 Å². The number of hydrogen-bond acceptors (Lipinski definition) is 4. The number of anilines is 2. The van der Waals surface area contributed by atoms with Crippen molar-refractivity contribution in [2.45, 2.75) is 6.92 Å². The van der Waals surface area contributed by atoms with Gasteiger partial charge in [-0.15, -0.1) is 11.3 Å². The van der Waals surface area contributed by atoms with Gasteiger partial charge in [0.2, 0.25) is 0 Å². The van der Waals surface area contributed by atoms with Crippen LogP contribution in [0.1, 0.15) is 15.2 Å². The van der Waals surface area contributed by atoms with Gasteiger partial charge in [-0.05, 0) is 25.1 Å². The van der Waals surface area contributed by atoms with Crippen LogP contribution in [0.15, 0.2) is 28.9 Å². The van der Waals surface area contributed by atoms with Gasteiger partial charge in [0.15, 0.2) is 5.13 Å². The van der Waals surface area contributed by atoms with Crippen LogP contribution in [0.3, 0.4) is 0 Å². The Morgan fingerprint density at radius 2 is 2.10 bits per heavy atom. The summed E-state index contributed by atoms with van der Waals surface area (Å²) in [5, 5.41) is 14.6. The van der Waals surface area contributed by atoms with Crippen LogP contribution in [-0.2, 0) is 0 Å². The first-order valence-electron chi connectivity index (χ1n) is 5.49. The minimum atomic E-state index is -1.11. The maximum absolute atomic E-state index is 11.8. The molecule has 2 aromatic rings. The van der Waals surface area contributed by atoms with Crippen LogP contribution in [0.2, 0.25) is 0 Å². The highest BCUT2D eigenvalue weighted by Gasteiger charge is 2.13. The molecule has 0 radical (unpaired) electrons. The van der Waals surface area contributed by atoms with E-state index in [0.29, 0.717) is 9.60 Å². The SMILES string of the molecule is Cc1cnc(NC(=O)Nc2cc(Br)ccc2C(=O)O)s1. The summed E-state index contributed by atoms with van der Waals surface area (Å²) in [5.41, 5.74) is 0.219. The van der Waals surface area contributed by atoms with Crippen molar-refractivity contribution in [2.24, 2.45) is 0 Å². The van der Waals surface area contributed by atoms with Gasteiger partial charge < -0.3 is 10.4 Å². The number of carbonyl (C=O) groups is 2. The van der Waals surface area contributed by atoms with Crippen molar-refractivity contribution < 1.29 is 14.7 Å². The summed E-state index contributed by atoms with van der Waals surface area (Å²) >= 11 is 4.56. The summed E-state index contributed by atoms with van der Waals surface area (Å²) in [6.07, 6.45) is 1.64.